The maximum atomic E-state index is 12.8. The summed E-state index contributed by atoms with van der Waals surface area (Å²) in [5, 5.41) is 5.56. The Morgan fingerprint density at radius 1 is 1.09 bits per heavy atom. The lowest BCUT2D eigenvalue weighted by Gasteiger charge is -2.44. The van der Waals surface area contributed by atoms with Crippen molar-refractivity contribution in [3.8, 4) is 0 Å². The zero-order chi connectivity index (χ0) is 26.1. The second-order valence-corrected chi connectivity index (χ2v) is 9.18. The van der Waals surface area contributed by atoms with Gasteiger partial charge in [-0.05, 0) is 17.4 Å². The minimum Gasteiger partial charge on any atom is -0.463 e. The lowest BCUT2D eigenvalue weighted by Crippen LogP contribution is -2.58. The molecule has 3 unspecified atom stereocenters. The number of amides is 3. The van der Waals surface area contributed by atoms with Gasteiger partial charge in [0.25, 0.3) is 0 Å². The van der Waals surface area contributed by atoms with E-state index in [-0.39, 0.29) is 37.4 Å². The molecule has 4 N–H and O–H groups in total. The first-order valence-corrected chi connectivity index (χ1v) is 11.8. The zero-order valence-corrected chi connectivity index (χ0v) is 21.0. The van der Waals surface area contributed by atoms with E-state index in [4.69, 9.17) is 19.9 Å². The Morgan fingerprint density at radius 2 is 1.74 bits per heavy atom. The molecule has 194 valence electrons. The average molecular weight is 492 g/mol. The largest absolute Gasteiger partial charge is 0.463 e. The number of nitrogens with one attached hydrogen (secondary N) is 2. The number of hydrogen-bond donors (Lipinski definition) is 3. The molecule has 0 aromatic heterocycles. The van der Waals surface area contributed by atoms with Crippen LogP contribution in [0.2, 0.25) is 0 Å². The highest BCUT2D eigenvalue weighted by Gasteiger charge is 2.43. The van der Waals surface area contributed by atoms with Gasteiger partial charge >= 0.3 is 5.97 Å². The molecule has 7 atom stereocenters. The summed E-state index contributed by atoms with van der Waals surface area (Å²) in [6.45, 7) is 8.34. The summed E-state index contributed by atoms with van der Waals surface area (Å²) in [7, 11) is 0. The van der Waals surface area contributed by atoms with E-state index in [2.05, 4.69) is 10.6 Å². The number of benzene rings is 1. The summed E-state index contributed by atoms with van der Waals surface area (Å²) in [6, 6.07) is 7.94. The fourth-order valence-electron chi connectivity index (χ4n) is 3.96. The van der Waals surface area contributed by atoms with Gasteiger partial charge in [-0.3, -0.25) is 19.2 Å². The van der Waals surface area contributed by atoms with Gasteiger partial charge in [0, 0.05) is 20.3 Å². The van der Waals surface area contributed by atoms with Crippen molar-refractivity contribution in [3.63, 3.8) is 0 Å². The van der Waals surface area contributed by atoms with E-state index in [1.54, 1.807) is 6.92 Å². The summed E-state index contributed by atoms with van der Waals surface area (Å²) >= 11 is 0. The zero-order valence-electron chi connectivity index (χ0n) is 21.0. The van der Waals surface area contributed by atoms with Gasteiger partial charge in [-0.2, -0.15) is 0 Å². The molecule has 35 heavy (non-hydrogen) atoms. The highest BCUT2D eigenvalue weighted by atomic mass is 16.7. The van der Waals surface area contributed by atoms with Crippen molar-refractivity contribution in [1.29, 1.82) is 0 Å². The van der Waals surface area contributed by atoms with Crippen molar-refractivity contribution in [1.82, 2.24) is 10.6 Å². The summed E-state index contributed by atoms with van der Waals surface area (Å²) in [6.07, 6.45) is -1.01. The van der Waals surface area contributed by atoms with Crippen molar-refractivity contribution in [2.24, 2.45) is 23.5 Å². The summed E-state index contributed by atoms with van der Waals surface area (Å²) < 4.78 is 17.1. The van der Waals surface area contributed by atoms with Crippen molar-refractivity contribution < 1.29 is 33.4 Å². The number of carbonyl (C=O) groups excluding carboxylic acids is 4. The van der Waals surface area contributed by atoms with E-state index < -0.39 is 48.2 Å². The molecule has 0 saturated carbocycles. The van der Waals surface area contributed by atoms with Gasteiger partial charge in [-0.1, -0.05) is 51.1 Å². The van der Waals surface area contributed by atoms with E-state index in [9.17, 15) is 19.2 Å². The molecule has 1 aliphatic heterocycles. The smallest absolute Gasteiger partial charge is 0.302 e. The van der Waals surface area contributed by atoms with E-state index in [0.717, 1.165) is 5.56 Å². The predicted octanol–water partition coefficient (Wildman–Crippen LogP) is 0.917. The first kappa shape index (κ1) is 28.3. The fraction of sp³-hybridized carbons (Fsp3) is 0.600. The van der Waals surface area contributed by atoms with Gasteiger partial charge in [-0.15, -0.1) is 0 Å². The molecule has 1 saturated heterocycles. The minimum absolute atomic E-state index is 0.0230. The molecular formula is C25H37N3O7. The monoisotopic (exact) mass is 491 g/mol. The minimum atomic E-state index is -0.862. The third-order valence-electron chi connectivity index (χ3n) is 6.31. The fourth-order valence-corrected chi connectivity index (χ4v) is 3.96. The Bertz CT molecular complexity index is 877. The molecule has 1 aliphatic rings. The summed E-state index contributed by atoms with van der Waals surface area (Å²) in [4.78, 5) is 47.7. The van der Waals surface area contributed by atoms with Gasteiger partial charge < -0.3 is 30.6 Å². The Kier molecular flexibility index (Phi) is 10.7. The maximum Gasteiger partial charge on any atom is 0.302 e. The maximum absolute atomic E-state index is 12.8. The average Bonchev–Trinajstić information content (AvgIpc) is 2.80. The van der Waals surface area contributed by atoms with Crippen molar-refractivity contribution >= 4 is 23.7 Å². The van der Waals surface area contributed by atoms with E-state index in [0.29, 0.717) is 0 Å². The molecular weight excluding hydrogens is 454 g/mol. The van der Waals surface area contributed by atoms with Crippen LogP contribution in [-0.4, -0.2) is 61.4 Å². The van der Waals surface area contributed by atoms with Crippen LogP contribution in [-0.2, 0) is 39.8 Å². The quantitative estimate of drug-likeness (QED) is 0.390. The van der Waals surface area contributed by atoms with Crippen molar-refractivity contribution in [2.45, 2.75) is 65.5 Å². The van der Waals surface area contributed by atoms with Gasteiger partial charge in [0.1, 0.15) is 12.6 Å². The molecule has 10 nitrogen and oxygen atoms in total. The number of rotatable bonds is 11. The highest BCUT2D eigenvalue weighted by Crippen LogP contribution is 2.32. The summed E-state index contributed by atoms with van der Waals surface area (Å²) in [5.41, 5.74) is 6.37. The lowest BCUT2D eigenvalue weighted by molar-refractivity contribution is -0.246. The van der Waals surface area contributed by atoms with Crippen LogP contribution < -0.4 is 16.4 Å². The standard InChI is InChI=1S/C25H37N3O7/c1-14(24(32)28-20(23(26)31)11-19-9-7-6-8-10-19)12-34-25-22(27-17(4)29)16(3)15(2)21(35-25)13-33-18(5)30/h6-10,14-16,20-22,25H,11-13H2,1-5H3,(H2,26,31)(H,27,29)(H,28,32)/t14-,15-,16?,20-,21?,22-,25?/m0/s1. The molecule has 3 amide bonds. The second-order valence-electron chi connectivity index (χ2n) is 9.18. The lowest BCUT2D eigenvalue weighted by atomic mass is 9.82. The molecule has 1 aromatic carbocycles. The van der Waals surface area contributed by atoms with Crippen LogP contribution in [0.25, 0.3) is 0 Å². The first-order chi connectivity index (χ1) is 16.5. The molecule has 0 radical (unpaired) electrons. The predicted molar refractivity (Wildman–Crippen MR) is 128 cm³/mol. The van der Waals surface area contributed by atoms with Crippen molar-refractivity contribution in [2.75, 3.05) is 13.2 Å². The number of carbonyl (C=O) groups is 4. The highest BCUT2D eigenvalue weighted by molar-refractivity contribution is 5.87. The number of ether oxygens (including phenoxy) is 3. The van der Waals surface area contributed by atoms with Gasteiger partial charge in [0.05, 0.1) is 24.7 Å². The van der Waals surface area contributed by atoms with E-state index in [1.165, 1.54) is 13.8 Å². The van der Waals surface area contributed by atoms with Gasteiger partial charge in [0.2, 0.25) is 17.7 Å². The van der Waals surface area contributed by atoms with Crippen LogP contribution in [0, 0.1) is 17.8 Å². The molecule has 1 heterocycles. The third-order valence-corrected chi connectivity index (χ3v) is 6.31. The Hall–Kier alpha value is -2.98. The van der Waals surface area contributed by atoms with Crippen LogP contribution in [0.4, 0.5) is 0 Å². The Balaban J connectivity index is 2.02. The molecule has 2 rings (SSSR count). The molecule has 0 spiro atoms. The number of esters is 1. The molecule has 0 aliphatic carbocycles. The van der Waals surface area contributed by atoms with Crippen molar-refractivity contribution in [3.05, 3.63) is 35.9 Å². The number of nitrogens with two attached hydrogens (primary N) is 1. The SMILES string of the molecule is CC(=O)N[C@@H]1C(OC[C@H](C)C(=O)N[C@@H](Cc2ccccc2)C(N)=O)OC(COC(C)=O)[C@@H](C)C1C. The van der Waals surface area contributed by atoms with Crippen LogP contribution in [0.1, 0.15) is 40.2 Å². The molecule has 10 heteroatoms. The third kappa shape index (κ3) is 8.63. The number of primary amides is 1. The molecule has 0 bridgehead atoms. The first-order valence-electron chi connectivity index (χ1n) is 11.8. The van der Waals surface area contributed by atoms with Crippen LogP contribution >= 0.6 is 0 Å². The summed E-state index contributed by atoms with van der Waals surface area (Å²) in [5.74, 6) is -2.38. The normalized spacial score (nSPS) is 25.7. The van der Waals surface area contributed by atoms with E-state index in [1.807, 2.05) is 44.2 Å². The molecule has 1 aromatic rings. The van der Waals surface area contributed by atoms with Crippen LogP contribution in [0.3, 0.4) is 0 Å². The van der Waals surface area contributed by atoms with Gasteiger partial charge in [0.15, 0.2) is 6.29 Å². The van der Waals surface area contributed by atoms with Crippen LogP contribution in [0.15, 0.2) is 30.3 Å². The Labute approximate surface area is 206 Å². The van der Waals surface area contributed by atoms with Crippen LogP contribution in [0.5, 0.6) is 0 Å². The van der Waals surface area contributed by atoms with E-state index >= 15 is 0 Å². The second kappa shape index (κ2) is 13.2. The molecule has 1 fully saturated rings. The number of hydrogen-bond acceptors (Lipinski definition) is 7. The Morgan fingerprint density at radius 3 is 2.31 bits per heavy atom. The topological polar surface area (TPSA) is 146 Å². The van der Waals surface area contributed by atoms with Gasteiger partial charge in [-0.25, -0.2) is 0 Å².